The molecule has 0 aromatic heterocycles. The second kappa shape index (κ2) is 6.16. The first kappa shape index (κ1) is 12.6. The molecule has 3 heteroatoms. The Bertz CT molecular complexity index is 336. The molecule has 1 rings (SSSR count). The molecule has 1 nitrogen and oxygen atoms in total. The Morgan fingerprint density at radius 3 is 2.73 bits per heavy atom. The summed E-state index contributed by atoms with van der Waals surface area (Å²) in [5, 5.41) is 4.68. The van der Waals surface area contributed by atoms with E-state index in [9.17, 15) is 0 Å². The average Bonchev–Trinajstić information content (AvgIpc) is 2.21. The zero-order valence-electron chi connectivity index (χ0n) is 8.76. The highest BCUT2D eigenvalue weighted by molar-refractivity contribution is 6.35. The van der Waals surface area contributed by atoms with Gasteiger partial charge in [-0.3, -0.25) is 0 Å². The van der Waals surface area contributed by atoms with E-state index in [1.54, 1.807) is 6.07 Å². The van der Waals surface area contributed by atoms with Gasteiger partial charge in [0.2, 0.25) is 0 Å². The molecule has 0 saturated carbocycles. The van der Waals surface area contributed by atoms with Crippen molar-refractivity contribution in [1.29, 1.82) is 0 Å². The fourth-order valence-electron chi connectivity index (χ4n) is 1.37. The first-order valence-corrected chi connectivity index (χ1v) is 5.75. The molecule has 0 spiro atoms. The summed E-state index contributed by atoms with van der Waals surface area (Å²) in [6.45, 7) is 6.86. The molecule has 0 aliphatic carbocycles. The molecule has 0 fully saturated rings. The molecule has 0 bridgehead atoms. The van der Waals surface area contributed by atoms with Crippen LogP contribution < -0.4 is 5.32 Å². The smallest absolute Gasteiger partial charge is 0.0518 e. The topological polar surface area (TPSA) is 12.0 Å². The normalized spacial score (nSPS) is 12.5. The Kier molecular flexibility index (Phi) is 5.16. The SMILES string of the molecule is C=CC(NCCC)c1ccc(Cl)cc1Cl. The second-order valence-corrected chi connectivity index (χ2v) is 4.18. The van der Waals surface area contributed by atoms with Gasteiger partial charge in [0.05, 0.1) is 6.04 Å². The quantitative estimate of drug-likeness (QED) is 0.764. The number of nitrogens with one attached hydrogen (secondary N) is 1. The van der Waals surface area contributed by atoms with Crippen molar-refractivity contribution >= 4 is 23.2 Å². The van der Waals surface area contributed by atoms with E-state index in [0.717, 1.165) is 18.5 Å². The second-order valence-electron chi connectivity index (χ2n) is 3.33. The number of hydrogen-bond donors (Lipinski definition) is 1. The number of hydrogen-bond acceptors (Lipinski definition) is 1. The van der Waals surface area contributed by atoms with Gasteiger partial charge in [-0.15, -0.1) is 6.58 Å². The minimum Gasteiger partial charge on any atom is -0.307 e. The first-order chi connectivity index (χ1) is 7.19. The molecule has 0 saturated heterocycles. The third-order valence-corrected chi connectivity index (χ3v) is 2.71. The van der Waals surface area contributed by atoms with Crippen LogP contribution in [0.5, 0.6) is 0 Å². The molecular weight excluding hydrogens is 229 g/mol. The van der Waals surface area contributed by atoms with Crippen molar-refractivity contribution in [2.45, 2.75) is 19.4 Å². The van der Waals surface area contributed by atoms with Crippen LogP contribution in [0.1, 0.15) is 24.9 Å². The van der Waals surface area contributed by atoms with Gasteiger partial charge in [-0.05, 0) is 30.7 Å². The summed E-state index contributed by atoms with van der Waals surface area (Å²) < 4.78 is 0. The zero-order valence-corrected chi connectivity index (χ0v) is 10.3. The standard InChI is InChI=1S/C12H15Cl2N/c1-3-7-15-12(4-2)10-6-5-9(13)8-11(10)14/h4-6,8,12,15H,2-3,7H2,1H3. The molecule has 0 heterocycles. The summed E-state index contributed by atoms with van der Waals surface area (Å²) in [5.41, 5.74) is 1.02. The van der Waals surface area contributed by atoms with Crippen LogP contribution in [0.2, 0.25) is 10.0 Å². The molecule has 1 N–H and O–H groups in total. The fraction of sp³-hybridized carbons (Fsp3) is 0.333. The van der Waals surface area contributed by atoms with Crippen LogP contribution in [-0.4, -0.2) is 6.54 Å². The van der Waals surface area contributed by atoms with Crippen LogP contribution in [0.15, 0.2) is 30.9 Å². The van der Waals surface area contributed by atoms with Crippen LogP contribution in [0.3, 0.4) is 0 Å². The molecule has 1 aromatic carbocycles. The van der Waals surface area contributed by atoms with Crippen LogP contribution in [0, 0.1) is 0 Å². The van der Waals surface area contributed by atoms with Crippen molar-refractivity contribution in [3.63, 3.8) is 0 Å². The Balaban J connectivity index is 2.86. The molecule has 0 aliphatic rings. The Hall–Kier alpha value is -0.500. The fourth-order valence-corrected chi connectivity index (χ4v) is 1.90. The Labute approximate surface area is 101 Å². The highest BCUT2D eigenvalue weighted by Gasteiger charge is 2.10. The van der Waals surface area contributed by atoms with Crippen LogP contribution in [0.25, 0.3) is 0 Å². The number of benzene rings is 1. The highest BCUT2D eigenvalue weighted by atomic mass is 35.5. The van der Waals surface area contributed by atoms with E-state index in [-0.39, 0.29) is 6.04 Å². The van der Waals surface area contributed by atoms with Gasteiger partial charge in [0.15, 0.2) is 0 Å². The van der Waals surface area contributed by atoms with Gasteiger partial charge in [-0.2, -0.15) is 0 Å². The van der Waals surface area contributed by atoms with Gasteiger partial charge in [-0.1, -0.05) is 42.3 Å². The van der Waals surface area contributed by atoms with Crippen molar-refractivity contribution in [2.75, 3.05) is 6.54 Å². The lowest BCUT2D eigenvalue weighted by Crippen LogP contribution is -2.20. The first-order valence-electron chi connectivity index (χ1n) is 5.00. The molecule has 1 atom stereocenters. The summed E-state index contributed by atoms with van der Waals surface area (Å²) in [6, 6.07) is 5.62. The summed E-state index contributed by atoms with van der Waals surface area (Å²) >= 11 is 11.9. The van der Waals surface area contributed by atoms with Crippen molar-refractivity contribution in [1.82, 2.24) is 5.32 Å². The maximum absolute atomic E-state index is 6.11. The van der Waals surface area contributed by atoms with Gasteiger partial charge >= 0.3 is 0 Å². The summed E-state index contributed by atoms with van der Waals surface area (Å²) in [4.78, 5) is 0. The zero-order chi connectivity index (χ0) is 11.3. The summed E-state index contributed by atoms with van der Waals surface area (Å²) in [6.07, 6.45) is 2.93. The number of rotatable bonds is 5. The monoisotopic (exact) mass is 243 g/mol. The van der Waals surface area contributed by atoms with E-state index in [1.807, 2.05) is 18.2 Å². The van der Waals surface area contributed by atoms with Gasteiger partial charge in [-0.25, -0.2) is 0 Å². The molecule has 1 aromatic rings. The van der Waals surface area contributed by atoms with Crippen molar-refractivity contribution in [3.8, 4) is 0 Å². The predicted octanol–water partition coefficient (Wildman–Crippen LogP) is 4.22. The van der Waals surface area contributed by atoms with Crippen LogP contribution in [0.4, 0.5) is 0 Å². The predicted molar refractivity (Wildman–Crippen MR) is 67.7 cm³/mol. The summed E-state index contributed by atoms with van der Waals surface area (Å²) in [5.74, 6) is 0. The van der Waals surface area contributed by atoms with Gasteiger partial charge in [0.25, 0.3) is 0 Å². The molecular formula is C12H15Cl2N. The van der Waals surface area contributed by atoms with E-state index in [4.69, 9.17) is 23.2 Å². The van der Waals surface area contributed by atoms with E-state index in [0.29, 0.717) is 10.0 Å². The number of halogens is 2. The van der Waals surface area contributed by atoms with Gasteiger partial charge in [0, 0.05) is 10.0 Å². The van der Waals surface area contributed by atoms with Crippen molar-refractivity contribution in [3.05, 3.63) is 46.5 Å². The maximum atomic E-state index is 6.11. The van der Waals surface area contributed by atoms with E-state index >= 15 is 0 Å². The lowest BCUT2D eigenvalue weighted by Gasteiger charge is -2.16. The van der Waals surface area contributed by atoms with Gasteiger partial charge in [0.1, 0.15) is 0 Å². The lowest BCUT2D eigenvalue weighted by atomic mass is 10.1. The molecule has 82 valence electrons. The maximum Gasteiger partial charge on any atom is 0.0518 e. The molecule has 15 heavy (non-hydrogen) atoms. The van der Waals surface area contributed by atoms with E-state index in [2.05, 4.69) is 18.8 Å². The molecule has 0 radical (unpaired) electrons. The van der Waals surface area contributed by atoms with Crippen LogP contribution >= 0.6 is 23.2 Å². The third-order valence-electron chi connectivity index (χ3n) is 2.15. The van der Waals surface area contributed by atoms with Gasteiger partial charge < -0.3 is 5.32 Å². The average molecular weight is 244 g/mol. The minimum absolute atomic E-state index is 0.0923. The van der Waals surface area contributed by atoms with Crippen LogP contribution in [-0.2, 0) is 0 Å². The van der Waals surface area contributed by atoms with E-state index in [1.165, 1.54) is 0 Å². The minimum atomic E-state index is 0.0923. The Morgan fingerprint density at radius 2 is 2.20 bits per heavy atom. The third kappa shape index (κ3) is 3.53. The largest absolute Gasteiger partial charge is 0.307 e. The molecule has 1 unspecified atom stereocenters. The highest BCUT2D eigenvalue weighted by Crippen LogP contribution is 2.26. The van der Waals surface area contributed by atoms with E-state index < -0.39 is 0 Å². The lowest BCUT2D eigenvalue weighted by molar-refractivity contribution is 0.614. The van der Waals surface area contributed by atoms with Crippen molar-refractivity contribution in [2.24, 2.45) is 0 Å². The van der Waals surface area contributed by atoms with Crippen molar-refractivity contribution < 1.29 is 0 Å². The molecule has 0 amide bonds. The summed E-state index contributed by atoms with van der Waals surface area (Å²) in [7, 11) is 0. The molecule has 0 aliphatic heterocycles. The Morgan fingerprint density at radius 1 is 1.47 bits per heavy atom.